The number of carboxylic acids is 1. The van der Waals surface area contributed by atoms with E-state index in [2.05, 4.69) is 0 Å². The molecule has 2 aromatic rings. The molecule has 3 rings (SSSR count). The first-order chi connectivity index (χ1) is 12.1. The fourth-order valence-corrected chi connectivity index (χ4v) is 2.96. The maximum Gasteiger partial charge on any atom is 0.329 e. The van der Waals surface area contributed by atoms with Crippen LogP contribution in [0.5, 0.6) is 0 Å². The van der Waals surface area contributed by atoms with E-state index in [1.54, 1.807) is 9.80 Å². The Labute approximate surface area is 146 Å². The summed E-state index contributed by atoms with van der Waals surface area (Å²) in [4.78, 5) is 27.0. The van der Waals surface area contributed by atoms with Gasteiger partial charge in [0, 0.05) is 37.4 Å². The Bertz CT molecular complexity index is 774. The van der Waals surface area contributed by atoms with Crippen molar-refractivity contribution in [3.8, 4) is 0 Å². The van der Waals surface area contributed by atoms with Crippen LogP contribution in [0.15, 0.2) is 48.5 Å². The van der Waals surface area contributed by atoms with Crippen LogP contribution in [-0.2, 0) is 17.8 Å². The first kappa shape index (κ1) is 17.0. The number of nitrogens with zero attached hydrogens (tertiary/aromatic N) is 2. The number of carbonyl (C=O) groups excluding carboxylic acids is 1. The average molecular weight is 339 g/mol. The van der Waals surface area contributed by atoms with Crippen LogP contribution in [-0.4, -0.2) is 30.2 Å². The van der Waals surface area contributed by atoms with Gasteiger partial charge in [-0.3, -0.25) is 14.6 Å². The third-order valence-corrected chi connectivity index (χ3v) is 4.34. The molecule has 1 heterocycles. The average Bonchev–Trinajstić information content (AvgIpc) is 3.02. The molecule has 1 fully saturated rings. The highest BCUT2D eigenvalue weighted by molar-refractivity contribution is 6.06. The maximum atomic E-state index is 12.8. The zero-order chi connectivity index (χ0) is 17.8. The zero-order valence-corrected chi connectivity index (χ0v) is 13.9. The number of amides is 2. The molecule has 1 aliphatic heterocycles. The summed E-state index contributed by atoms with van der Waals surface area (Å²) in [5.41, 5.74) is 9.21. The van der Waals surface area contributed by atoms with Gasteiger partial charge in [0.15, 0.2) is 0 Å². The molecular formula is C19H21N3O3. The molecule has 130 valence electrons. The maximum absolute atomic E-state index is 12.8. The number of carbonyl (C=O) groups is 2. The van der Waals surface area contributed by atoms with Crippen molar-refractivity contribution in [3.05, 3.63) is 59.7 Å². The van der Waals surface area contributed by atoms with Crippen molar-refractivity contribution >= 4 is 23.4 Å². The van der Waals surface area contributed by atoms with E-state index in [-0.39, 0.29) is 12.5 Å². The summed E-state index contributed by atoms with van der Waals surface area (Å²) < 4.78 is 0. The van der Waals surface area contributed by atoms with Crippen LogP contribution in [0.1, 0.15) is 17.5 Å². The highest BCUT2D eigenvalue weighted by Gasteiger charge is 2.30. The van der Waals surface area contributed by atoms with Crippen molar-refractivity contribution in [2.75, 3.05) is 22.9 Å². The van der Waals surface area contributed by atoms with Gasteiger partial charge in [-0.2, -0.15) is 0 Å². The summed E-state index contributed by atoms with van der Waals surface area (Å²) in [5.74, 6) is -0.824. The Morgan fingerprint density at radius 1 is 1.00 bits per heavy atom. The van der Waals surface area contributed by atoms with E-state index in [0.717, 1.165) is 22.5 Å². The third kappa shape index (κ3) is 3.80. The summed E-state index contributed by atoms with van der Waals surface area (Å²) in [5, 5.41) is 8.82. The number of benzene rings is 2. The molecule has 6 nitrogen and oxygen atoms in total. The van der Waals surface area contributed by atoms with E-state index in [9.17, 15) is 9.59 Å². The number of urea groups is 1. The monoisotopic (exact) mass is 339 g/mol. The first-order valence-electron chi connectivity index (χ1n) is 8.27. The molecule has 2 amide bonds. The molecule has 25 heavy (non-hydrogen) atoms. The van der Waals surface area contributed by atoms with Crippen molar-refractivity contribution in [3.63, 3.8) is 0 Å². The second-order valence-electron chi connectivity index (χ2n) is 6.02. The van der Waals surface area contributed by atoms with E-state index in [1.807, 2.05) is 48.5 Å². The van der Waals surface area contributed by atoms with Crippen LogP contribution in [0, 0.1) is 0 Å². The van der Waals surface area contributed by atoms with Crippen LogP contribution >= 0.6 is 0 Å². The molecule has 2 aromatic carbocycles. The first-order valence-corrected chi connectivity index (χ1v) is 8.27. The predicted octanol–water partition coefficient (Wildman–Crippen LogP) is 2.61. The van der Waals surface area contributed by atoms with E-state index in [0.29, 0.717) is 26.1 Å². The van der Waals surface area contributed by atoms with E-state index in [4.69, 9.17) is 10.8 Å². The number of aryl methyl sites for hydroxylation is 1. The number of hydrogen-bond acceptors (Lipinski definition) is 3. The zero-order valence-electron chi connectivity index (χ0n) is 13.9. The summed E-state index contributed by atoms with van der Waals surface area (Å²) in [6.45, 7) is 1.68. The second kappa shape index (κ2) is 7.36. The molecule has 0 unspecified atom stereocenters. The Kier molecular flexibility index (Phi) is 5.00. The SMILES string of the molecule is NCc1ccc(N2CCN(c3cccc(CCC(=O)O)c3)C2=O)cc1. The fourth-order valence-electron chi connectivity index (χ4n) is 2.96. The van der Waals surface area contributed by atoms with Crippen LogP contribution in [0.25, 0.3) is 0 Å². The number of aliphatic carboxylic acids is 1. The van der Waals surface area contributed by atoms with E-state index < -0.39 is 5.97 Å². The minimum absolute atomic E-state index is 0.0733. The summed E-state index contributed by atoms with van der Waals surface area (Å²) in [6, 6.07) is 15.1. The van der Waals surface area contributed by atoms with Crippen molar-refractivity contribution in [1.29, 1.82) is 0 Å². The molecule has 0 spiro atoms. The Morgan fingerprint density at radius 2 is 1.68 bits per heavy atom. The van der Waals surface area contributed by atoms with Gasteiger partial charge >= 0.3 is 12.0 Å². The molecule has 3 N–H and O–H groups in total. The number of rotatable bonds is 6. The van der Waals surface area contributed by atoms with Gasteiger partial charge < -0.3 is 10.8 Å². The van der Waals surface area contributed by atoms with Gasteiger partial charge in [-0.15, -0.1) is 0 Å². The smallest absolute Gasteiger partial charge is 0.329 e. The second-order valence-corrected chi connectivity index (χ2v) is 6.02. The Morgan fingerprint density at radius 3 is 2.32 bits per heavy atom. The third-order valence-electron chi connectivity index (χ3n) is 4.34. The standard InChI is InChI=1S/C19H21N3O3/c20-13-15-4-7-16(8-5-15)21-10-11-22(19(21)25)17-3-1-2-14(12-17)6-9-18(23)24/h1-5,7-8,12H,6,9-11,13,20H2,(H,23,24). The lowest BCUT2D eigenvalue weighted by Crippen LogP contribution is -2.31. The molecular weight excluding hydrogens is 318 g/mol. The number of carboxylic acid groups (broad SMARTS) is 1. The summed E-state index contributed by atoms with van der Waals surface area (Å²) >= 11 is 0. The molecule has 1 aliphatic rings. The number of anilines is 2. The van der Waals surface area contributed by atoms with Gasteiger partial charge in [-0.05, 0) is 41.8 Å². The van der Waals surface area contributed by atoms with Crippen LogP contribution in [0.4, 0.5) is 16.2 Å². The van der Waals surface area contributed by atoms with Gasteiger partial charge in [0.2, 0.25) is 0 Å². The number of hydrogen-bond donors (Lipinski definition) is 2. The molecule has 0 radical (unpaired) electrons. The normalized spacial score (nSPS) is 14.2. The van der Waals surface area contributed by atoms with Gasteiger partial charge in [0.1, 0.15) is 0 Å². The molecule has 6 heteroatoms. The van der Waals surface area contributed by atoms with Gasteiger partial charge in [-0.25, -0.2) is 4.79 Å². The molecule has 0 aliphatic carbocycles. The topological polar surface area (TPSA) is 86.9 Å². The lowest BCUT2D eigenvalue weighted by molar-refractivity contribution is -0.136. The van der Waals surface area contributed by atoms with E-state index >= 15 is 0 Å². The minimum Gasteiger partial charge on any atom is -0.481 e. The van der Waals surface area contributed by atoms with E-state index in [1.165, 1.54) is 0 Å². The minimum atomic E-state index is -0.824. The van der Waals surface area contributed by atoms with Crippen molar-refractivity contribution in [1.82, 2.24) is 0 Å². The number of nitrogens with two attached hydrogens (primary N) is 1. The Balaban J connectivity index is 1.75. The predicted molar refractivity (Wildman–Crippen MR) is 96.8 cm³/mol. The van der Waals surface area contributed by atoms with Crippen molar-refractivity contribution in [2.24, 2.45) is 5.73 Å². The lowest BCUT2D eigenvalue weighted by Gasteiger charge is -2.19. The largest absolute Gasteiger partial charge is 0.481 e. The van der Waals surface area contributed by atoms with Crippen LogP contribution < -0.4 is 15.5 Å². The molecule has 0 aromatic heterocycles. The van der Waals surface area contributed by atoms with Crippen molar-refractivity contribution in [2.45, 2.75) is 19.4 Å². The molecule has 0 atom stereocenters. The van der Waals surface area contributed by atoms with Crippen LogP contribution in [0.2, 0.25) is 0 Å². The quantitative estimate of drug-likeness (QED) is 0.847. The molecule has 0 bridgehead atoms. The van der Waals surface area contributed by atoms with Gasteiger partial charge in [-0.1, -0.05) is 24.3 Å². The highest BCUT2D eigenvalue weighted by atomic mass is 16.4. The van der Waals surface area contributed by atoms with Gasteiger partial charge in [0.05, 0.1) is 0 Å². The lowest BCUT2D eigenvalue weighted by atomic mass is 10.1. The molecule has 1 saturated heterocycles. The van der Waals surface area contributed by atoms with Gasteiger partial charge in [0.25, 0.3) is 0 Å². The fraction of sp³-hybridized carbons (Fsp3) is 0.263. The highest BCUT2D eigenvalue weighted by Crippen LogP contribution is 2.26. The summed E-state index contributed by atoms with van der Waals surface area (Å²) in [7, 11) is 0. The summed E-state index contributed by atoms with van der Waals surface area (Å²) in [6.07, 6.45) is 0.534. The molecule has 0 saturated carbocycles. The Hall–Kier alpha value is -2.86. The van der Waals surface area contributed by atoms with Crippen molar-refractivity contribution < 1.29 is 14.7 Å². The van der Waals surface area contributed by atoms with Crippen LogP contribution in [0.3, 0.4) is 0 Å².